The predicted octanol–water partition coefficient (Wildman–Crippen LogP) is 3.20. The molecule has 1 aromatic carbocycles. The minimum Gasteiger partial charge on any atom is -0.353 e. The normalized spacial score (nSPS) is 13.2. The molecule has 0 atom stereocenters. The average Bonchev–Trinajstić information content (AvgIpc) is 3.25. The van der Waals surface area contributed by atoms with E-state index < -0.39 is 0 Å². The third kappa shape index (κ3) is 4.32. The molecule has 0 radical (unpaired) electrons. The second-order valence-electron chi connectivity index (χ2n) is 5.80. The first-order valence-corrected chi connectivity index (χ1v) is 8.99. The van der Waals surface area contributed by atoms with Crippen molar-refractivity contribution in [1.82, 2.24) is 10.2 Å². The maximum absolute atomic E-state index is 12.2. The molecule has 2 amide bonds. The number of carbonyl (C=O) groups excluding carboxylic acids is 2. The molecule has 0 fully saturated rings. The summed E-state index contributed by atoms with van der Waals surface area (Å²) in [7, 11) is 0. The van der Waals surface area contributed by atoms with Crippen molar-refractivity contribution in [3.8, 4) is 0 Å². The van der Waals surface area contributed by atoms with Crippen LogP contribution in [0.5, 0.6) is 0 Å². The van der Waals surface area contributed by atoms with Crippen LogP contribution in [0.3, 0.4) is 0 Å². The Kier molecular flexibility index (Phi) is 5.43. The summed E-state index contributed by atoms with van der Waals surface area (Å²) in [5.41, 5.74) is 3.49. The summed E-state index contributed by atoms with van der Waals surface area (Å²) < 4.78 is 0. The second kappa shape index (κ2) is 7.93. The van der Waals surface area contributed by atoms with E-state index in [-0.39, 0.29) is 11.8 Å². The number of nitrogens with zero attached hydrogens (tertiary/aromatic N) is 1. The Morgan fingerprint density at radius 1 is 1.17 bits per heavy atom. The average molecular weight is 340 g/mol. The van der Waals surface area contributed by atoms with Crippen molar-refractivity contribution in [2.24, 2.45) is 0 Å². The van der Waals surface area contributed by atoms with Gasteiger partial charge >= 0.3 is 0 Å². The molecule has 1 aliphatic rings. The Morgan fingerprint density at radius 3 is 2.58 bits per heavy atom. The van der Waals surface area contributed by atoms with Gasteiger partial charge in [-0.05, 0) is 46.0 Å². The van der Waals surface area contributed by atoms with Gasteiger partial charge in [0.1, 0.15) is 0 Å². The minimum atomic E-state index is -0.123. The molecule has 0 aliphatic carbocycles. The van der Waals surface area contributed by atoms with Gasteiger partial charge in [-0.2, -0.15) is 11.3 Å². The first-order valence-electron chi connectivity index (χ1n) is 8.05. The van der Waals surface area contributed by atoms with Gasteiger partial charge in [0.05, 0.1) is 0 Å². The zero-order valence-electron chi connectivity index (χ0n) is 13.4. The smallest absolute Gasteiger partial charge is 0.243 e. The summed E-state index contributed by atoms with van der Waals surface area (Å²) in [6, 6.07) is 10.1. The topological polar surface area (TPSA) is 49.4 Å². The highest BCUT2D eigenvalue weighted by molar-refractivity contribution is 7.08. The Hall–Kier alpha value is -2.40. The highest BCUT2D eigenvalue weighted by Crippen LogP contribution is 2.22. The molecule has 1 aliphatic heterocycles. The molecule has 1 aromatic heterocycles. The fourth-order valence-electron chi connectivity index (χ4n) is 2.72. The molecule has 0 saturated heterocycles. The van der Waals surface area contributed by atoms with Crippen LogP contribution in [-0.4, -0.2) is 23.3 Å². The number of thiophene rings is 1. The molecule has 0 bridgehead atoms. The number of hydrogen-bond acceptors (Lipinski definition) is 3. The van der Waals surface area contributed by atoms with Crippen molar-refractivity contribution in [3.05, 3.63) is 63.9 Å². The van der Waals surface area contributed by atoms with Gasteiger partial charge in [-0.15, -0.1) is 0 Å². The van der Waals surface area contributed by atoms with E-state index in [2.05, 4.69) is 17.4 Å². The zero-order valence-corrected chi connectivity index (χ0v) is 14.2. The Balaban J connectivity index is 1.35. The summed E-state index contributed by atoms with van der Waals surface area (Å²) in [5, 5.41) is 6.77. The number of carbonyl (C=O) groups is 2. The van der Waals surface area contributed by atoms with Crippen molar-refractivity contribution in [1.29, 1.82) is 0 Å². The molecular weight excluding hydrogens is 320 g/mol. The highest BCUT2D eigenvalue weighted by Gasteiger charge is 2.22. The van der Waals surface area contributed by atoms with E-state index >= 15 is 0 Å². The van der Waals surface area contributed by atoms with Crippen molar-refractivity contribution >= 4 is 29.2 Å². The van der Waals surface area contributed by atoms with Crippen LogP contribution in [0.25, 0.3) is 6.08 Å². The van der Waals surface area contributed by atoms with Gasteiger partial charge in [-0.25, -0.2) is 0 Å². The van der Waals surface area contributed by atoms with E-state index in [0.29, 0.717) is 32.5 Å². The molecule has 1 N–H and O–H groups in total. The standard InChI is InChI=1S/C19H20N2O2S/c22-18(8-7-15-9-11-24-14-15)20-10-3-6-19(23)21-12-16-4-1-2-5-17(16)13-21/h1-2,4-5,7-9,11,14H,3,6,10,12-13H2,(H,20,22). The fraction of sp³-hybridized carbons (Fsp3) is 0.263. The van der Waals surface area contributed by atoms with E-state index in [1.54, 1.807) is 17.4 Å². The predicted molar refractivity (Wildman–Crippen MR) is 96.3 cm³/mol. The minimum absolute atomic E-state index is 0.123. The number of hydrogen-bond donors (Lipinski definition) is 1. The van der Waals surface area contributed by atoms with Crippen molar-refractivity contribution in [3.63, 3.8) is 0 Å². The van der Waals surface area contributed by atoms with Crippen molar-refractivity contribution in [2.75, 3.05) is 6.54 Å². The van der Waals surface area contributed by atoms with Crippen molar-refractivity contribution in [2.45, 2.75) is 25.9 Å². The van der Waals surface area contributed by atoms with Crippen LogP contribution in [0.4, 0.5) is 0 Å². The van der Waals surface area contributed by atoms with Crippen LogP contribution in [0, 0.1) is 0 Å². The molecule has 5 heteroatoms. The summed E-state index contributed by atoms with van der Waals surface area (Å²) >= 11 is 1.60. The molecule has 124 valence electrons. The van der Waals surface area contributed by atoms with Gasteiger partial charge in [0.15, 0.2) is 0 Å². The van der Waals surface area contributed by atoms with Gasteiger partial charge in [-0.3, -0.25) is 9.59 Å². The van der Waals surface area contributed by atoms with Crippen LogP contribution in [-0.2, 0) is 22.7 Å². The van der Waals surface area contributed by atoms with Crippen molar-refractivity contribution < 1.29 is 9.59 Å². The molecule has 0 spiro atoms. The van der Waals surface area contributed by atoms with Gasteiger partial charge in [-0.1, -0.05) is 24.3 Å². The Bertz CT molecular complexity index is 713. The van der Waals surface area contributed by atoms with Gasteiger partial charge < -0.3 is 10.2 Å². The lowest BCUT2D eigenvalue weighted by atomic mass is 10.1. The SMILES string of the molecule is O=C(C=Cc1ccsc1)NCCCC(=O)N1Cc2ccccc2C1. The monoisotopic (exact) mass is 340 g/mol. The summed E-state index contributed by atoms with van der Waals surface area (Å²) in [5.74, 6) is 0.0245. The zero-order chi connectivity index (χ0) is 16.8. The van der Waals surface area contributed by atoms with Crippen LogP contribution >= 0.6 is 11.3 Å². The second-order valence-corrected chi connectivity index (χ2v) is 6.58. The van der Waals surface area contributed by atoms with Gasteiger partial charge in [0.2, 0.25) is 11.8 Å². The maximum atomic E-state index is 12.2. The number of rotatable bonds is 6. The number of benzene rings is 1. The fourth-order valence-corrected chi connectivity index (χ4v) is 3.35. The van der Waals surface area contributed by atoms with E-state index in [1.165, 1.54) is 17.2 Å². The third-order valence-electron chi connectivity index (χ3n) is 4.03. The van der Waals surface area contributed by atoms with Crippen LogP contribution in [0.2, 0.25) is 0 Å². The molecule has 4 nitrogen and oxygen atoms in total. The highest BCUT2D eigenvalue weighted by atomic mass is 32.1. The molecule has 0 unspecified atom stereocenters. The maximum Gasteiger partial charge on any atom is 0.243 e. The molecule has 3 rings (SSSR count). The van der Waals surface area contributed by atoms with Crippen LogP contribution in [0.15, 0.2) is 47.2 Å². The molecule has 0 saturated carbocycles. The molecule has 2 aromatic rings. The quantitative estimate of drug-likeness (QED) is 0.648. The van der Waals surface area contributed by atoms with E-state index in [9.17, 15) is 9.59 Å². The van der Waals surface area contributed by atoms with E-state index in [4.69, 9.17) is 0 Å². The van der Waals surface area contributed by atoms with Gasteiger partial charge in [0.25, 0.3) is 0 Å². The van der Waals surface area contributed by atoms with Crippen LogP contribution in [0.1, 0.15) is 29.5 Å². The first kappa shape index (κ1) is 16.5. The summed E-state index contributed by atoms with van der Waals surface area (Å²) in [6.07, 6.45) is 4.44. The first-order chi connectivity index (χ1) is 11.7. The Labute approximate surface area is 145 Å². The Morgan fingerprint density at radius 2 is 1.92 bits per heavy atom. The van der Waals surface area contributed by atoms with E-state index in [1.807, 2.05) is 33.9 Å². The van der Waals surface area contributed by atoms with Gasteiger partial charge in [0, 0.05) is 32.1 Å². The molecule has 2 heterocycles. The molecule has 24 heavy (non-hydrogen) atoms. The molecular formula is C19H20N2O2S. The lowest BCUT2D eigenvalue weighted by Crippen LogP contribution is -2.27. The number of fused-ring (bicyclic) bond motifs is 1. The van der Waals surface area contributed by atoms with E-state index in [0.717, 1.165) is 5.56 Å². The summed E-state index contributed by atoms with van der Waals surface area (Å²) in [4.78, 5) is 25.8. The largest absolute Gasteiger partial charge is 0.353 e. The summed E-state index contributed by atoms with van der Waals surface area (Å²) in [6.45, 7) is 1.91. The van der Waals surface area contributed by atoms with Crippen LogP contribution < -0.4 is 5.32 Å². The third-order valence-corrected chi connectivity index (χ3v) is 4.73. The lowest BCUT2D eigenvalue weighted by molar-refractivity contribution is -0.132. The number of amides is 2. The number of nitrogens with one attached hydrogen (secondary N) is 1. The lowest BCUT2D eigenvalue weighted by Gasteiger charge is -2.15.